The number of hydrogen-bond donors (Lipinski definition) is 2. The van der Waals surface area contributed by atoms with Crippen molar-refractivity contribution in [2.24, 2.45) is 0 Å². The fraction of sp³-hybridized carbons (Fsp3) is 0.417. The Kier molecular flexibility index (Phi) is 3.56. The van der Waals surface area contributed by atoms with Gasteiger partial charge in [-0.3, -0.25) is 4.79 Å². The molecule has 0 aromatic heterocycles. The maximum atomic E-state index is 11.8. The molecule has 1 fully saturated rings. The first-order valence-electron chi connectivity index (χ1n) is 5.78. The molecule has 1 heterocycles. The Labute approximate surface area is 106 Å². The van der Waals surface area contributed by atoms with Crippen molar-refractivity contribution in [3.8, 4) is 5.75 Å². The highest BCUT2D eigenvalue weighted by Crippen LogP contribution is 2.20. The largest absolute Gasteiger partial charge is 0.507 e. The monoisotopic (exact) mass is 269 g/mol. The van der Waals surface area contributed by atoms with Gasteiger partial charge in [-0.1, -0.05) is 12.1 Å². The summed E-state index contributed by atoms with van der Waals surface area (Å²) in [6.45, 7) is 0.107. The molecule has 2 rings (SSSR count). The number of phenols is 1. The zero-order chi connectivity index (χ0) is 13.2. The molecule has 1 aromatic rings. The number of carbonyl (C=O) groups is 1. The molecule has 2 N–H and O–H groups in total. The molecule has 1 aliphatic rings. The van der Waals surface area contributed by atoms with Crippen LogP contribution in [0.15, 0.2) is 24.3 Å². The molecule has 0 aliphatic carbocycles. The van der Waals surface area contributed by atoms with Gasteiger partial charge in [0.25, 0.3) is 5.91 Å². The maximum absolute atomic E-state index is 11.8. The van der Waals surface area contributed by atoms with Crippen LogP contribution in [0, 0.1) is 0 Å². The van der Waals surface area contributed by atoms with Gasteiger partial charge in [0, 0.05) is 6.54 Å². The van der Waals surface area contributed by atoms with Gasteiger partial charge in [-0.15, -0.1) is 0 Å². The second kappa shape index (κ2) is 4.97. The molecule has 18 heavy (non-hydrogen) atoms. The number of nitrogens with one attached hydrogen (secondary N) is 1. The van der Waals surface area contributed by atoms with Crippen LogP contribution in [0.3, 0.4) is 0 Å². The van der Waals surface area contributed by atoms with Gasteiger partial charge in [-0.05, 0) is 25.0 Å². The normalized spacial score (nSPS) is 21.7. The maximum Gasteiger partial charge on any atom is 0.255 e. The van der Waals surface area contributed by atoms with Gasteiger partial charge in [0.1, 0.15) is 5.75 Å². The number of amides is 1. The Morgan fingerprint density at radius 3 is 2.72 bits per heavy atom. The van der Waals surface area contributed by atoms with E-state index < -0.39 is 21.0 Å². The molecule has 0 bridgehead atoms. The minimum absolute atomic E-state index is 0.107. The fourth-order valence-corrected chi connectivity index (χ4v) is 3.82. The first-order chi connectivity index (χ1) is 8.50. The quantitative estimate of drug-likeness (QED) is 0.846. The Morgan fingerprint density at radius 2 is 2.11 bits per heavy atom. The Hall–Kier alpha value is -1.56. The van der Waals surface area contributed by atoms with E-state index in [1.165, 1.54) is 12.1 Å². The van der Waals surface area contributed by atoms with Crippen molar-refractivity contribution in [3.63, 3.8) is 0 Å². The smallest absolute Gasteiger partial charge is 0.255 e. The van der Waals surface area contributed by atoms with Gasteiger partial charge in [-0.2, -0.15) is 0 Å². The van der Waals surface area contributed by atoms with Crippen LogP contribution in [-0.4, -0.2) is 37.0 Å². The lowest BCUT2D eigenvalue weighted by Crippen LogP contribution is -2.34. The third-order valence-electron chi connectivity index (χ3n) is 3.10. The molecule has 1 saturated heterocycles. The van der Waals surface area contributed by atoms with Gasteiger partial charge >= 0.3 is 0 Å². The van der Waals surface area contributed by atoms with E-state index in [2.05, 4.69) is 5.32 Å². The van der Waals surface area contributed by atoms with Gasteiger partial charge in [0.2, 0.25) is 0 Å². The van der Waals surface area contributed by atoms with Crippen molar-refractivity contribution in [2.75, 3.05) is 12.3 Å². The lowest BCUT2D eigenvalue weighted by Gasteiger charge is -2.11. The van der Waals surface area contributed by atoms with E-state index in [0.29, 0.717) is 12.8 Å². The molecule has 1 amide bonds. The van der Waals surface area contributed by atoms with Crippen molar-refractivity contribution in [1.82, 2.24) is 5.32 Å². The van der Waals surface area contributed by atoms with Crippen LogP contribution in [0.1, 0.15) is 23.2 Å². The average Bonchev–Trinajstić information content (AvgIpc) is 2.66. The summed E-state index contributed by atoms with van der Waals surface area (Å²) in [5, 5.41) is 11.6. The summed E-state index contributed by atoms with van der Waals surface area (Å²) in [7, 11) is -3.05. The molecule has 0 saturated carbocycles. The van der Waals surface area contributed by atoms with Gasteiger partial charge in [0.05, 0.1) is 16.6 Å². The molecule has 5 nitrogen and oxygen atoms in total. The summed E-state index contributed by atoms with van der Waals surface area (Å²) in [6, 6.07) is 6.17. The second-order valence-electron chi connectivity index (χ2n) is 4.36. The lowest BCUT2D eigenvalue weighted by molar-refractivity contribution is 0.0951. The average molecular weight is 269 g/mol. The molecule has 1 unspecified atom stereocenters. The Bertz CT molecular complexity index is 553. The first-order valence-corrected chi connectivity index (χ1v) is 7.50. The number of phenolic OH excluding ortho intramolecular Hbond substituents is 1. The minimum atomic E-state index is -3.05. The SMILES string of the molecule is O=C(NCC1CCCS1(=O)=O)c1ccccc1O. The van der Waals surface area contributed by atoms with Crippen molar-refractivity contribution in [2.45, 2.75) is 18.1 Å². The highest BCUT2D eigenvalue weighted by molar-refractivity contribution is 7.92. The molecule has 6 heteroatoms. The summed E-state index contributed by atoms with van der Waals surface area (Å²) < 4.78 is 23.2. The van der Waals surface area contributed by atoms with Crippen molar-refractivity contribution >= 4 is 15.7 Å². The number of aromatic hydroxyl groups is 1. The minimum Gasteiger partial charge on any atom is -0.507 e. The summed E-state index contributed by atoms with van der Waals surface area (Å²) in [6.07, 6.45) is 1.24. The molecule has 98 valence electrons. The molecule has 1 aromatic carbocycles. The Morgan fingerprint density at radius 1 is 1.39 bits per heavy atom. The van der Waals surface area contributed by atoms with Crippen molar-refractivity contribution < 1.29 is 18.3 Å². The van der Waals surface area contributed by atoms with Gasteiger partial charge in [-0.25, -0.2) is 8.42 Å². The van der Waals surface area contributed by atoms with E-state index in [-0.39, 0.29) is 23.6 Å². The van der Waals surface area contributed by atoms with E-state index in [1.54, 1.807) is 12.1 Å². The molecular formula is C12H15NO4S. The van der Waals surface area contributed by atoms with Crippen LogP contribution < -0.4 is 5.32 Å². The van der Waals surface area contributed by atoms with Crippen molar-refractivity contribution in [1.29, 1.82) is 0 Å². The Balaban J connectivity index is 1.99. The number of hydrogen-bond acceptors (Lipinski definition) is 4. The standard InChI is InChI=1S/C12H15NO4S/c14-11-6-2-1-5-10(11)12(15)13-8-9-4-3-7-18(9,16)17/h1-2,5-6,9,14H,3-4,7-8H2,(H,13,15). The molecule has 0 spiro atoms. The van der Waals surface area contributed by atoms with E-state index in [1.807, 2.05) is 0 Å². The van der Waals surface area contributed by atoms with Crippen LogP contribution in [0.4, 0.5) is 0 Å². The fourth-order valence-electron chi connectivity index (χ4n) is 2.05. The summed E-state index contributed by atoms with van der Waals surface area (Å²) >= 11 is 0. The van der Waals surface area contributed by atoms with Gasteiger partial charge in [0.15, 0.2) is 9.84 Å². The zero-order valence-corrected chi connectivity index (χ0v) is 10.6. The highest BCUT2D eigenvalue weighted by atomic mass is 32.2. The molecule has 1 aliphatic heterocycles. The van der Waals surface area contributed by atoms with Crippen LogP contribution in [0.5, 0.6) is 5.75 Å². The molecular weight excluding hydrogens is 254 g/mol. The van der Waals surface area contributed by atoms with Crippen LogP contribution >= 0.6 is 0 Å². The summed E-state index contributed by atoms with van der Waals surface area (Å²) in [4.78, 5) is 11.8. The highest BCUT2D eigenvalue weighted by Gasteiger charge is 2.31. The predicted molar refractivity (Wildman–Crippen MR) is 67.2 cm³/mol. The lowest BCUT2D eigenvalue weighted by atomic mass is 10.2. The topological polar surface area (TPSA) is 83.5 Å². The van der Waals surface area contributed by atoms with E-state index >= 15 is 0 Å². The van der Waals surface area contributed by atoms with E-state index in [0.717, 1.165) is 0 Å². The predicted octanol–water partition coefficient (Wildman–Crippen LogP) is 0.699. The number of sulfone groups is 1. The van der Waals surface area contributed by atoms with Crippen LogP contribution in [0.2, 0.25) is 0 Å². The second-order valence-corrected chi connectivity index (χ2v) is 6.76. The molecule has 0 radical (unpaired) electrons. The first kappa shape index (κ1) is 12.9. The van der Waals surface area contributed by atoms with Gasteiger partial charge < -0.3 is 10.4 Å². The van der Waals surface area contributed by atoms with E-state index in [4.69, 9.17) is 0 Å². The number of para-hydroxylation sites is 1. The summed E-state index contributed by atoms with van der Waals surface area (Å²) in [5.74, 6) is -0.358. The third-order valence-corrected chi connectivity index (χ3v) is 5.38. The summed E-state index contributed by atoms with van der Waals surface area (Å²) in [5.41, 5.74) is 0.160. The number of benzene rings is 1. The van der Waals surface area contributed by atoms with Crippen LogP contribution in [0.25, 0.3) is 0 Å². The van der Waals surface area contributed by atoms with Crippen molar-refractivity contribution in [3.05, 3.63) is 29.8 Å². The van der Waals surface area contributed by atoms with E-state index in [9.17, 15) is 18.3 Å². The number of rotatable bonds is 3. The molecule has 1 atom stereocenters. The number of carbonyl (C=O) groups excluding carboxylic acids is 1. The zero-order valence-electron chi connectivity index (χ0n) is 9.80. The van der Waals surface area contributed by atoms with Crippen LogP contribution in [-0.2, 0) is 9.84 Å². The third kappa shape index (κ3) is 2.64.